The van der Waals surface area contributed by atoms with Crippen LogP contribution in [-0.2, 0) is 4.79 Å². The van der Waals surface area contributed by atoms with Crippen LogP contribution in [0, 0.1) is 0 Å². The van der Waals surface area contributed by atoms with Gasteiger partial charge in [0.05, 0.1) is 21.3 Å². The summed E-state index contributed by atoms with van der Waals surface area (Å²) in [5.41, 5.74) is 0.795. The maximum atomic E-state index is 11.9. The van der Waals surface area contributed by atoms with Gasteiger partial charge in [-0.3, -0.25) is 4.79 Å². The predicted octanol–water partition coefficient (Wildman–Crippen LogP) is 3.37. The van der Waals surface area contributed by atoms with E-state index in [0.717, 1.165) is 11.3 Å². The molecule has 1 rings (SSSR count). The number of nitrogens with one attached hydrogen (secondary N) is 1. The zero-order valence-corrected chi connectivity index (χ0v) is 16.1. The van der Waals surface area contributed by atoms with Gasteiger partial charge in [-0.2, -0.15) is 11.8 Å². The van der Waals surface area contributed by atoms with Crippen LogP contribution in [0.3, 0.4) is 0 Å². The van der Waals surface area contributed by atoms with E-state index >= 15 is 0 Å². The lowest BCUT2D eigenvalue weighted by atomic mass is 10.1. The summed E-state index contributed by atoms with van der Waals surface area (Å²) in [6.07, 6.45) is 3.22. The molecule has 1 amide bonds. The van der Waals surface area contributed by atoms with Crippen molar-refractivity contribution in [3.63, 3.8) is 0 Å². The number of methoxy groups -OCH3 is 3. The third kappa shape index (κ3) is 6.74. The summed E-state index contributed by atoms with van der Waals surface area (Å²) in [4.78, 5) is 11.9. The van der Waals surface area contributed by atoms with Crippen LogP contribution in [0.5, 0.6) is 17.2 Å². The van der Waals surface area contributed by atoms with Crippen LogP contribution in [-0.4, -0.2) is 44.3 Å². The zero-order chi connectivity index (χ0) is 18.2. The molecule has 1 aromatic carbocycles. The van der Waals surface area contributed by atoms with E-state index in [1.165, 1.54) is 6.08 Å². The Kier molecular flexibility index (Phi) is 7.98. The summed E-state index contributed by atoms with van der Waals surface area (Å²) in [6, 6.07) is 3.58. The van der Waals surface area contributed by atoms with Crippen LogP contribution < -0.4 is 19.5 Å². The molecular weight excluding hydrogens is 326 g/mol. The van der Waals surface area contributed by atoms with Gasteiger partial charge >= 0.3 is 0 Å². The van der Waals surface area contributed by atoms with Crippen molar-refractivity contribution < 1.29 is 19.0 Å². The lowest BCUT2D eigenvalue weighted by molar-refractivity contribution is -0.116. The Hall–Kier alpha value is -1.82. The number of rotatable bonds is 8. The molecule has 5 nitrogen and oxygen atoms in total. The monoisotopic (exact) mass is 353 g/mol. The molecule has 1 aromatic rings. The van der Waals surface area contributed by atoms with Gasteiger partial charge in [-0.25, -0.2) is 0 Å². The molecule has 0 atom stereocenters. The molecule has 0 aliphatic carbocycles. The summed E-state index contributed by atoms with van der Waals surface area (Å²) >= 11 is 1.82. The van der Waals surface area contributed by atoms with Crippen LogP contribution in [0.1, 0.15) is 26.3 Å². The molecule has 0 aromatic heterocycles. The Morgan fingerprint density at radius 3 is 2.17 bits per heavy atom. The fourth-order valence-corrected chi connectivity index (χ4v) is 2.78. The van der Waals surface area contributed by atoms with Crippen molar-refractivity contribution in [3.05, 3.63) is 23.8 Å². The van der Waals surface area contributed by atoms with Crippen LogP contribution in [0.25, 0.3) is 6.08 Å². The normalized spacial score (nSPS) is 11.4. The van der Waals surface area contributed by atoms with Crippen LogP contribution in [0.15, 0.2) is 18.2 Å². The molecule has 6 heteroatoms. The summed E-state index contributed by atoms with van der Waals surface area (Å²) < 4.78 is 16.1. The number of carbonyl (C=O) groups is 1. The van der Waals surface area contributed by atoms with Gasteiger partial charge in [0.1, 0.15) is 0 Å². The van der Waals surface area contributed by atoms with Crippen molar-refractivity contribution in [2.24, 2.45) is 0 Å². The van der Waals surface area contributed by atoms with E-state index in [9.17, 15) is 4.79 Å². The highest BCUT2D eigenvalue weighted by Crippen LogP contribution is 2.38. The van der Waals surface area contributed by atoms with Gasteiger partial charge < -0.3 is 19.5 Å². The number of amides is 1. The SMILES string of the molecule is COc1cc(C=CC(=O)NCCSC(C)(C)C)cc(OC)c1OC. The summed E-state index contributed by atoms with van der Waals surface area (Å²) in [6.45, 7) is 7.11. The van der Waals surface area contributed by atoms with Crippen molar-refractivity contribution in [2.45, 2.75) is 25.5 Å². The van der Waals surface area contributed by atoms with Gasteiger partial charge in [-0.15, -0.1) is 0 Å². The quantitative estimate of drug-likeness (QED) is 0.574. The molecule has 0 fully saturated rings. The average Bonchev–Trinajstić information content (AvgIpc) is 2.54. The largest absolute Gasteiger partial charge is 0.493 e. The minimum Gasteiger partial charge on any atom is -0.493 e. The minimum atomic E-state index is -0.127. The van der Waals surface area contributed by atoms with Crippen molar-refractivity contribution in [1.82, 2.24) is 5.32 Å². The van der Waals surface area contributed by atoms with Gasteiger partial charge in [0.25, 0.3) is 0 Å². The number of thioether (sulfide) groups is 1. The lowest BCUT2D eigenvalue weighted by Gasteiger charge is -2.17. The van der Waals surface area contributed by atoms with Crippen molar-refractivity contribution in [3.8, 4) is 17.2 Å². The molecule has 0 saturated heterocycles. The second-order valence-corrected chi connectivity index (χ2v) is 7.97. The summed E-state index contributed by atoms with van der Waals surface area (Å²) in [5.74, 6) is 2.39. The highest BCUT2D eigenvalue weighted by Gasteiger charge is 2.12. The predicted molar refractivity (Wildman–Crippen MR) is 100 cm³/mol. The molecule has 0 aliphatic heterocycles. The topological polar surface area (TPSA) is 56.8 Å². The van der Waals surface area contributed by atoms with E-state index in [1.807, 2.05) is 11.8 Å². The maximum absolute atomic E-state index is 11.9. The second-order valence-electron chi connectivity index (χ2n) is 6.04. The first kappa shape index (κ1) is 20.2. The first-order valence-electron chi connectivity index (χ1n) is 7.70. The molecule has 24 heavy (non-hydrogen) atoms. The standard InChI is InChI=1S/C18H27NO4S/c1-18(2,3)24-10-9-19-16(20)8-7-13-11-14(21-4)17(23-6)15(12-13)22-5/h7-8,11-12H,9-10H2,1-6H3,(H,19,20). The molecule has 1 N–H and O–H groups in total. The van der Waals surface area contributed by atoms with Gasteiger partial charge in [0.15, 0.2) is 11.5 Å². The second kappa shape index (κ2) is 9.47. The van der Waals surface area contributed by atoms with E-state index in [2.05, 4.69) is 26.1 Å². The Bertz CT molecular complexity index is 554. The van der Waals surface area contributed by atoms with E-state index < -0.39 is 0 Å². The van der Waals surface area contributed by atoms with Crippen molar-refractivity contribution in [2.75, 3.05) is 33.6 Å². The third-order valence-electron chi connectivity index (χ3n) is 3.05. The van der Waals surface area contributed by atoms with Gasteiger partial charge in [0, 0.05) is 23.1 Å². The maximum Gasteiger partial charge on any atom is 0.244 e. The third-order valence-corrected chi connectivity index (χ3v) is 4.32. The van der Waals surface area contributed by atoms with Gasteiger partial charge in [-0.1, -0.05) is 20.8 Å². The van der Waals surface area contributed by atoms with E-state index in [-0.39, 0.29) is 10.7 Å². The number of benzene rings is 1. The smallest absolute Gasteiger partial charge is 0.244 e. The minimum absolute atomic E-state index is 0.127. The van der Waals surface area contributed by atoms with Crippen molar-refractivity contribution >= 4 is 23.7 Å². The summed E-state index contributed by atoms with van der Waals surface area (Å²) in [5, 5.41) is 2.87. The van der Waals surface area contributed by atoms with E-state index in [1.54, 1.807) is 39.5 Å². The molecule has 0 heterocycles. The first-order valence-corrected chi connectivity index (χ1v) is 8.69. The average molecular weight is 353 g/mol. The molecule has 0 saturated carbocycles. The fourth-order valence-electron chi connectivity index (χ4n) is 1.96. The number of hydrogen-bond donors (Lipinski definition) is 1. The lowest BCUT2D eigenvalue weighted by Crippen LogP contribution is -2.25. The molecular formula is C18H27NO4S. The number of carbonyl (C=O) groups excluding carboxylic acids is 1. The van der Waals surface area contributed by atoms with Gasteiger partial charge in [-0.05, 0) is 23.8 Å². The van der Waals surface area contributed by atoms with E-state index in [4.69, 9.17) is 14.2 Å². The first-order chi connectivity index (χ1) is 11.3. The highest BCUT2D eigenvalue weighted by molar-refractivity contribution is 8.00. The molecule has 0 bridgehead atoms. The van der Waals surface area contributed by atoms with Crippen LogP contribution in [0.2, 0.25) is 0 Å². The molecule has 0 radical (unpaired) electrons. The molecule has 0 aliphatic rings. The number of hydrogen-bond acceptors (Lipinski definition) is 5. The molecule has 0 spiro atoms. The van der Waals surface area contributed by atoms with Crippen LogP contribution in [0.4, 0.5) is 0 Å². The Morgan fingerprint density at radius 1 is 1.12 bits per heavy atom. The Morgan fingerprint density at radius 2 is 1.71 bits per heavy atom. The summed E-state index contributed by atoms with van der Waals surface area (Å²) in [7, 11) is 4.67. The van der Waals surface area contributed by atoms with E-state index in [0.29, 0.717) is 23.8 Å². The zero-order valence-electron chi connectivity index (χ0n) is 15.3. The number of ether oxygens (including phenoxy) is 3. The van der Waals surface area contributed by atoms with Crippen molar-refractivity contribution in [1.29, 1.82) is 0 Å². The van der Waals surface area contributed by atoms with Gasteiger partial charge in [0.2, 0.25) is 11.7 Å². The molecule has 0 unspecified atom stereocenters. The molecule has 134 valence electrons. The highest BCUT2D eigenvalue weighted by atomic mass is 32.2. The fraction of sp³-hybridized carbons (Fsp3) is 0.500. The Balaban J connectivity index is 2.68. The van der Waals surface area contributed by atoms with Crippen LogP contribution >= 0.6 is 11.8 Å². The Labute approximate surface area is 148 Å².